The number of aromatic nitrogens is 2. The van der Waals surface area contributed by atoms with E-state index in [9.17, 15) is 9.18 Å². The number of amides is 1. The topological polar surface area (TPSA) is 46.4 Å². The molecule has 2 heterocycles. The molecule has 2 aromatic heterocycles. The van der Waals surface area contributed by atoms with Crippen LogP contribution in [0.4, 0.5) is 4.39 Å². The molecule has 0 aliphatic carbocycles. The van der Waals surface area contributed by atoms with Gasteiger partial charge < -0.3 is 5.32 Å². The second-order valence-corrected chi connectivity index (χ2v) is 5.22. The SMILES string of the molecule is O=C(NCCc1ccc(F)cc1)c1cn2ccsc2n1. The Labute approximate surface area is 118 Å². The van der Waals surface area contributed by atoms with Gasteiger partial charge in [-0.25, -0.2) is 9.37 Å². The van der Waals surface area contributed by atoms with Crippen LogP contribution in [0.3, 0.4) is 0 Å². The predicted octanol–water partition coefficient (Wildman–Crippen LogP) is 2.51. The van der Waals surface area contributed by atoms with Crippen LogP contribution in [0.1, 0.15) is 16.1 Å². The van der Waals surface area contributed by atoms with Gasteiger partial charge in [0.2, 0.25) is 0 Å². The quantitative estimate of drug-likeness (QED) is 0.802. The van der Waals surface area contributed by atoms with Crippen molar-refractivity contribution in [3.05, 3.63) is 59.1 Å². The third-order valence-electron chi connectivity index (χ3n) is 2.94. The van der Waals surface area contributed by atoms with E-state index >= 15 is 0 Å². The fourth-order valence-electron chi connectivity index (χ4n) is 1.90. The molecule has 1 N–H and O–H groups in total. The number of hydrogen-bond donors (Lipinski definition) is 1. The molecule has 0 spiro atoms. The number of imidazole rings is 1. The fraction of sp³-hybridized carbons (Fsp3) is 0.143. The molecule has 0 saturated heterocycles. The summed E-state index contributed by atoms with van der Waals surface area (Å²) in [4.78, 5) is 16.9. The van der Waals surface area contributed by atoms with Gasteiger partial charge in [0.05, 0.1) is 0 Å². The molecule has 0 fully saturated rings. The van der Waals surface area contributed by atoms with Gasteiger partial charge in [-0.3, -0.25) is 9.20 Å². The number of nitrogens with one attached hydrogen (secondary N) is 1. The van der Waals surface area contributed by atoms with E-state index in [1.54, 1.807) is 18.3 Å². The normalized spacial score (nSPS) is 10.8. The minimum atomic E-state index is -0.254. The highest BCUT2D eigenvalue weighted by Gasteiger charge is 2.10. The zero-order valence-electron chi connectivity index (χ0n) is 10.5. The molecule has 3 aromatic rings. The molecule has 20 heavy (non-hydrogen) atoms. The first-order valence-electron chi connectivity index (χ1n) is 6.17. The average molecular weight is 289 g/mol. The second-order valence-electron chi connectivity index (χ2n) is 4.35. The van der Waals surface area contributed by atoms with Gasteiger partial charge in [-0.1, -0.05) is 12.1 Å². The third-order valence-corrected chi connectivity index (χ3v) is 3.71. The van der Waals surface area contributed by atoms with E-state index < -0.39 is 0 Å². The molecule has 6 heteroatoms. The Balaban J connectivity index is 1.56. The molecular formula is C14H12FN3OS. The molecular weight excluding hydrogens is 277 g/mol. The minimum Gasteiger partial charge on any atom is -0.350 e. The van der Waals surface area contributed by atoms with Crippen molar-refractivity contribution >= 4 is 22.2 Å². The first kappa shape index (κ1) is 12.8. The molecule has 1 aromatic carbocycles. The summed E-state index contributed by atoms with van der Waals surface area (Å²) >= 11 is 1.48. The van der Waals surface area contributed by atoms with Crippen LogP contribution in [-0.4, -0.2) is 21.8 Å². The van der Waals surface area contributed by atoms with Gasteiger partial charge in [0.15, 0.2) is 4.96 Å². The van der Waals surface area contributed by atoms with Crippen LogP contribution in [0.25, 0.3) is 4.96 Å². The predicted molar refractivity (Wildman–Crippen MR) is 75.5 cm³/mol. The standard InChI is InChI=1S/C14H12FN3OS/c15-11-3-1-10(2-4-11)5-6-16-13(19)12-9-18-7-8-20-14(18)17-12/h1-4,7-9H,5-6H2,(H,16,19). The molecule has 0 unspecified atom stereocenters. The Kier molecular flexibility index (Phi) is 3.47. The van der Waals surface area contributed by atoms with Gasteiger partial charge in [-0.2, -0.15) is 0 Å². The van der Waals surface area contributed by atoms with Gasteiger partial charge in [0.1, 0.15) is 11.5 Å². The summed E-state index contributed by atoms with van der Waals surface area (Å²) < 4.78 is 14.6. The summed E-state index contributed by atoms with van der Waals surface area (Å²) in [6, 6.07) is 6.27. The van der Waals surface area contributed by atoms with Crippen LogP contribution in [0, 0.1) is 5.82 Å². The van der Waals surface area contributed by atoms with E-state index in [4.69, 9.17) is 0 Å². The van der Waals surface area contributed by atoms with Crippen LogP contribution in [0.5, 0.6) is 0 Å². The fourth-order valence-corrected chi connectivity index (χ4v) is 2.60. The van der Waals surface area contributed by atoms with Crippen LogP contribution >= 0.6 is 11.3 Å². The molecule has 0 bridgehead atoms. The molecule has 4 nitrogen and oxygen atoms in total. The second kappa shape index (κ2) is 5.42. The van der Waals surface area contributed by atoms with Gasteiger partial charge in [0.25, 0.3) is 5.91 Å². The number of halogens is 1. The van der Waals surface area contributed by atoms with Crippen molar-refractivity contribution in [2.45, 2.75) is 6.42 Å². The number of carbonyl (C=O) groups is 1. The molecule has 0 radical (unpaired) electrons. The minimum absolute atomic E-state index is 0.192. The van der Waals surface area contributed by atoms with Gasteiger partial charge >= 0.3 is 0 Å². The van der Waals surface area contributed by atoms with Crippen molar-refractivity contribution in [2.75, 3.05) is 6.54 Å². The zero-order valence-corrected chi connectivity index (χ0v) is 11.4. The highest BCUT2D eigenvalue weighted by atomic mass is 32.1. The largest absolute Gasteiger partial charge is 0.350 e. The monoisotopic (exact) mass is 289 g/mol. The highest BCUT2D eigenvalue weighted by Crippen LogP contribution is 2.11. The Morgan fingerprint density at radius 1 is 1.35 bits per heavy atom. The van der Waals surface area contributed by atoms with Crippen molar-refractivity contribution < 1.29 is 9.18 Å². The highest BCUT2D eigenvalue weighted by molar-refractivity contribution is 7.15. The first-order chi connectivity index (χ1) is 9.72. The number of fused-ring (bicyclic) bond motifs is 1. The first-order valence-corrected chi connectivity index (χ1v) is 7.05. The summed E-state index contributed by atoms with van der Waals surface area (Å²) in [5.74, 6) is -0.445. The lowest BCUT2D eigenvalue weighted by molar-refractivity contribution is 0.0950. The molecule has 0 saturated carbocycles. The van der Waals surface area contributed by atoms with E-state index in [2.05, 4.69) is 10.3 Å². The van der Waals surface area contributed by atoms with E-state index in [1.807, 2.05) is 16.0 Å². The van der Waals surface area contributed by atoms with Crippen molar-refractivity contribution in [2.24, 2.45) is 0 Å². The number of rotatable bonds is 4. The lowest BCUT2D eigenvalue weighted by atomic mass is 10.1. The van der Waals surface area contributed by atoms with Crippen LogP contribution in [0.15, 0.2) is 42.0 Å². The Hall–Kier alpha value is -2.21. The third kappa shape index (κ3) is 2.70. The molecule has 0 atom stereocenters. The van der Waals surface area contributed by atoms with Gasteiger partial charge in [-0.05, 0) is 24.1 Å². The Morgan fingerprint density at radius 2 is 2.15 bits per heavy atom. The molecule has 3 rings (SSSR count). The summed E-state index contributed by atoms with van der Waals surface area (Å²) in [7, 11) is 0. The van der Waals surface area contributed by atoms with Crippen molar-refractivity contribution in [1.82, 2.24) is 14.7 Å². The van der Waals surface area contributed by atoms with Crippen LogP contribution in [-0.2, 0) is 6.42 Å². The van der Waals surface area contributed by atoms with E-state index in [1.165, 1.54) is 23.5 Å². The molecule has 0 aliphatic rings. The van der Waals surface area contributed by atoms with Crippen LogP contribution in [0.2, 0.25) is 0 Å². The Bertz CT molecular complexity index is 704. The summed E-state index contributed by atoms with van der Waals surface area (Å²) in [6.45, 7) is 0.496. The van der Waals surface area contributed by atoms with Gasteiger partial charge in [0, 0.05) is 24.3 Å². The number of carbonyl (C=O) groups excluding carboxylic acids is 1. The number of thiazole rings is 1. The zero-order chi connectivity index (χ0) is 13.9. The smallest absolute Gasteiger partial charge is 0.271 e. The lowest BCUT2D eigenvalue weighted by Crippen LogP contribution is -2.25. The van der Waals surface area contributed by atoms with Crippen molar-refractivity contribution in [3.8, 4) is 0 Å². The Morgan fingerprint density at radius 3 is 2.90 bits per heavy atom. The van der Waals surface area contributed by atoms with Crippen molar-refractivity contribution in [1.29, 1.82) is 0 Å². The summed E-state index contributed by atoms with van der Waals surface area (Å²) in [5.41, 5.74) is 1.40. The lowest BCUT2D eigenvalue weighted by Gasteiger charge is -2.03. The van der Waals surface area contributed by atoms with Crippen molar-refractivity contribution in [3.63, 3.8) is 0 Å². The van der Waals surface area contributed by atoms with Crippen LogP contribution < -0.4 is 5.32 Å². The van der Waals surface area contributed by atoms with E-state index in [0.717, 1.165) is 10.5 Å². The molecule has 102 valence electrons. The van der Waals surface area contributed by atoms with E-state index in [-0.39, 0.29) is 11.7 Å². The number of nitrogens with zero attached hydrogens (tertiary/aromatic N) is 2. The van der Waals surface area contributed by atoms with Gasteiger partial charge in [-0.15, -0.1) is 11.3 Å². The molecule has 1 amide bonds. The summed E-state index contributed by atoms with van der Waals surface area (Å²) in [6.07, 6.45) is 4.23. The average Bonchev–Trinajstić information content (AvgIpc) is 3.02. The maximum atomic E-state index is 12.7. The maximum absolute atomic E-state index is 12.7. The summed E-state index contributed by atoms with van der Waals surface area (Å²) in [5, 5.41) is 4.72. The maximum Gasteiger partial charge on any atom is 0.271 e. The molecule has 0 aliphatic heterocycles. The number of benzene rings is 1. The van der Waals surface area contributed by atoms with E-state index in [0.29, 0.717) is 18.7 Å². The number of hydrogen-bond acceptors (Lipinski definition) is 3.